The molecule has 1 N–H and O–H groups in total. The molecular formula is C15H20FNS. The topological polar surface area (TPSA) is 12.0 Å². The summed E-state index contributed by atoms with van der Waals surface area (Å²) in [4.78, 5) is 1.31. The third-order valence-electron chi connectivity index (χ3n) is 3.64. The summed E-state index contributed by atoms with van der Waals surface area (Å²) >= 11 is 1.70. The Kier molecular flexibility index (Phi) is 4.36. The molecule has 0 bridgehead atoms. The Balaban J connectivity index is 2.39. The molecule has 3 heteroatoms. The molecule has 0 saturated carbocycles. The Morgan fingerprint density at radius 2 is 1.94 bits per heavy atom. The van der Waals surface area contributed by atoms with Crippen molar-refractivity contribution in [3.8, 4) is 0 Å². The fourth-order valence-electron chi connectivity index (χ4n) is 2.55. The van der Waals surface area contributed by atoms with Gasteiger partial charge in [0.2, 0.25) is 0 Å². The zero-order valence-electron chi connectivity index (χ0n) is 11.2. The second kappa shape index (κ2) is 5.81. The van der Waals surface area contributed by atoms with Gasteiger partial charge in [-0.05, 0) is 36.6 Å². The maximum absolute atomic E-state index is 13.2. The second-order valence-corrected chi connectivity index (χ2v) is 5.79. The van der Waals surface area contributed by atoms with Gasteiger partial charge < -0.3 is 5.32 Å². The maximum atomic E-state index is 13.2. The number of thiophene rings is 1. The van der Waals surface area contributed by atoms with Crippen LogP contribution >= 0.6 is 11.3 Å². The Bertz CT molecular complexity index is 516. The fourth-order valence-corrected chi connectivity index (χ4v) is 3.84. The first kappa shape index (κ1) is 13.5. The molecule has 2 aromatic rings. The largest absolute Gasteiger partial charge is 0.312 e. The van der Waals surface area contributed by atoms with Crippen LogP contribution in [0.5, 0.6) is 0 Å². The Labute approximate surface area is 112 Å². The molecule has 0 aliphatic carbocycles. The van der Waals surface area contributed by atoms with E-state index >= 15 is 0 Å². The quantitative estimate of drug-likeness (QED) is 0.823. The third kappa shape index (κ3) is 2.57. The summed E-state index contributed by atoms with van der Waals surface area (Å²) in [5, 5.41) is 4.55. The summed E-state index contributed by atoms with van der Waals surface area (Å²) < 4.78 is 14.2. The minimum Gasteiger partial charge on any atom is -0.312 e. The lowest BCUT2D eigenvalue weighted by atomic mass is 9.93. The molecule has 1 aromatic carbocycles. The third-order valence-corrected chi connectivity index (χ3v) is 4.82. The van der Waals surface area contributed by atoms with Crippen LogP contribution in [0, 0.1) is 11.7 Å². The van der Waals surface area contributed by atoms with Gasteiger partial charge in [0.25, 0.3) is 0 Å². The molecule has 1 heterocycles. The van der Waals surface area contributed by atoms with Gasteiger partial charge in [-0.15, -0.1) is 11.3 Å². The highest BCUT2D eigenvalue weighted by Gasteiger charge is 2.20. The van der Waals surface area contributed by atoms with Gasteiger partial charge in [0.15, 0.2) is 0 Å². The molecule has 1 nitrogen and oxygen atoms in total. The van der Waals surface area contributed by atoms with E-state index in [2.05, 4.69) is 25.2 Å². The van der Waals surface area contributed by atoms with Crippen molar-refractivity contribution < 1.29 is 4.39 Å². The van der Waals surface area contributed by atoms with Gasteiger partial charge in [-0.3, -0.25) is 0 Å². The summed E-state index contributed by atoms with van der Waals surface area (Å²) in [5.74, 6) is 0.479. The molecule has 0 fully saturated rings. The van der Waals surface area contributed by atoms with Crippen LogP contribution < -0.4 is 5.32 Å². The molecule has 0 aliphatic heterocycles. The van der Waals surface area contributed by atoms with Crippen molar-refractivity contribution in [1.82, 2.24) is 5.32 Å². The van der Waals surface area contributed by atoms with E-state index in [1.54, 1.807) is 17.4 Å². The van der Waals surface area contributed by atoms with E-state index in [0.29, 0.717) is 12.0 Å². The molecule has 1 atom stereocenters. The van der Waals surface area contributed by atoms with Crippen molar-refractivity contribution in [3.05, 3.63) is 35.0 Å². The predicted octanol–water partition coefficient (Wildman–Crippen LogP) is 4.74. The van der Waals surface area contributed by atoms with Crippen LogP contribution in [0.3, 0.4) is 0 Å². The molecule has 1 unspecified atom stereocenters. The predicted molar refractivity (Wildman–Crippen MR) is 77.7 cm³/mol. The van der Waals surface area contributed by atoms with Crippen molar-refractivity contribution in [2.45, 2.75) is 32.7 Å². The number of nitrogens with one attached hydrogen (secondary N) is 1. The van der Waals surface area contributed by atoms with Gasteiger partial charge >= 0.3 is 0 Å². The van der Waals surface area contributed by atoms with Crippen LogP contribution in [0.25, 0.3) is 10.1 Å². The Morgan fingerprint density at radius 3 is 2.56 bits per heavy atom. The lowest BCUT2D eigenvalue weighted by molar-refractivity contribution is 0.364. The first-order valence-corrected chi connectivity index (χ1v) is 7.37. The Hall–Kier alpha value is -0.930. The van der Waals surface area contributed by atoms with Gasteiger partial charge in [-0.1, -0.05) is 32.8 Å². The number of hydrogen-bond donors (Lipinski definition) is 1. The van der Waals surface area contributed by atoms with Gasteiger partial charge in [0, 0.05) is 15.6 Å². The molecule has 0 saturated heterocycles. The van der Waals surface area contributed by atoms with E-state index in [9.17, 15) is 4.39 Å². The van der Waals surface area contributed by atoms with E-state index in [1.165, 1.54) is 10.9 Å². The summed E-state index contributed by atoms with van der Waals surface area (Å²) in [6, 6.07) is 7.59. The fraction of sp³-hybridized carbons (Fsp3) is 0.467. The SMILES string of the molecule is CCC(CC)C(NC)c1cc2ccc(F)cc2s1. The standard InChI is InChI=1S/C15H20FNS/c1-4-10(5-2)15(17-3)14-8-11-6-7-12(16)9-13(11)18-14/h6-10,15,17H,4-5H2,1-3H3. The molecule has 0 amide bonds. The van der Waals surface area contributed by atoms with E-state index in [4.69, 9.17) is 0 Å². The summed E-state index contributed by atoms with van der Waals surface area (Å²) in [6.07, 6.45) is 2.31. The Morgan fingerprint density at radius 1 is 1.22 bits per heavy atom. The lowest BCUT2D eigenvalue weighted by Crippen LogP contribution is -2.23. The zero-order valence-corrected chi connectivity index (χ0v) is 12.0. The van der Waals surface area contributed by atoms with Gasteiger partial charge in [0.1, 0.15) is 5.82 Å². The van der Waals surface area contributed by atoms with Crippen LogP contribution in [0.1, 0.15) is 37.6 Å². The minimum absolute atomic E-state index is 0.153. The molecule has 0 radical (unpaired) electrons. The average molecular weight is 265 g/mol. The van der Waals surface area contributed by atoms with Gasteiger partial charge in [-0.25, -0.2) is 4.39 Å². The monoisotopic (exact) mass is 265 g/mol. The van der Waals surface area contributed by atoms with Crippen molar-refractivity contribution in [2.75, 3.05) is 7.05 Å². The van der Waals surface area contributed by atoms with E-state index in [-0.39, 0.29) is 5.82 Å². The second-order valence-electron chi connectivity index (χ2n) is 4.67. The highest BCUT2D eigenvalue weighted by Crippen LogP contribution is 2.35. The highest BCUT2D eigenvalue weighted by molar-refractivity contribution is 7.19. The number of benzene rings is 1. The van der Waals surface area contributed by atoms with Crippen molar-refractivity contribution in [2.24, 2.45) is 5.92 Å². The van der Waals surface area contributed by atoms with Gasteiger partial charge in [-0.2, -0.15) is 0 Å². The average Bonchev–Trinajstić information content (AvgIpc) is 2.78. The molecule has 1 aromatic heterocycles. The van der Waals surface area contributed by atoms with E-state index in [0.717, 1.165) is 22.9 Å². The smallest absolute Gasteiger partial charge is 0.124 e. The minimum atomic E-state index is -0.153. The highest BCUT2D eigenvalue weighted by atomic mass is 32.1. The summed E-state index contributed by atoms with van der Waals surface area (Å²) in [5.41, 5.74) is 0. The molecule has 98 valence electrons. The number of rotatable bonds is 5. The number of hydrogen-bond acceptors (Lipinski definition) is 2. The first-order valence-electron chi connectivity index (χ1n) is 6.55. The first-order chi connectivity index (χ1) is 8.69. The summed E-state index contributed by atoms with van der Waals surface area (Å²) in [6.45, 7) is 4.46. The molecule has 0 spiro atoms. The van der Waals surface area contributed by atoms with Crippen LogP contribution in [0.15, 0.2) is 24.3 Å². The van der Waals surface area contributed by atoms with Crippen molar-refractivity contribution in [1.29, 1.82) is 0 Å². The van der Waals surface area contributed by atoms with Crippen LogP contribution in [-0.2, 0) is 0 Å². The number of halogens is 1. The number of fused-ring (bicyclic) bond motifs is 1. The molecule has 18 heavy (non-hydrogen) atoms. The maximum Gasteiger partial charge on any atom is 0.124 e. The van der Waals surface area contributed by atoms with Crippen LogP contribution in [-0.4, -0.2) is 7.05 Å². The zero-order chi connectivity index (χ0) is 13.1. The van der Waals surface area contributed by atoms with Crippen molar-refractivity contribution >= 4 is 21.4 Å². The molecule has 0 aliphatic rings. The summed E-state index contributed by atoms with van der Waals surface area (Å²) in [7, 11) is 2.01. The van der Waals surface area contributed by atoms with Crippen molar-refractivity contribution in [3.63, 3.8) is 0 Å². The van der Waals surface area contributed by atoms with E-state index < -0.39 is 0 Å². The van der Waals surface area contributed by atoms with Crippen LogP contribution in [0.2, 0.25) is 0 Å². The van der Waals surface area contributed by atoms with E-state index in [1.807, 2.05) is 13.1 Å². The van der Waals surface area contributed by atoms with Crippen LogP contribution in [0.4, 0.5) is 4.39 Å². The van der Waals surface area contributed by atoms with Gasteiger partial charge in [0.05, 0.1) is 0 Å². The normalized spacial score (nSPS) is 13.4. The molecular weight excluding hydrogens is 245 g/mol. The molecule has 2 rings (SSSR count). The lowest BCUT2D eigenvalue weighted by Gasteiger charge is -2.23.